The Balaban J connectivity index is 1.65. The lowest BCUT2D eigenvalue weighted by Gasteiger charge is -2.17. The number of benzene rings is 1. The lowest BCUT2D eigenvalue weighted by atomic mass is 10.1. The lowest BCUT2D eigenvalue weighted by Crippen LogP contribution is -2.33. The molecule has 1 aliphatic heterocycles. The van der Waals surface area contributed by atoms with Gasteiger partial charge in [-0.1, -0.05) is 23.9 Å². The average Bonchev–Trinajstić information content (AvgIpc) is 3.37. The molecule has 0 aliphatic carbocycles. The van der Waals surface area contributed by atoms with Crippen molar-refractivity contribution in [2.45, 2.75) is 35.3 Å². The van der Waals surface area contributed by atoms with Gasteiger partial charge in [0.25, 0.3) is 5.69 Å². The highest BCUT2D eigenvalue weighted by Crippen LogP contribution is 2.34. The first-order valence-electron chi connectivity index (χ1n) is 10.0. The lowest BCUT2D eigenvalue weighted by molar-refractivity contribution is -0.384. The average molecular weight is 478 g/mol. The summed E-state index contributed by atoms with van der Waals surface area (Å²) in [5.41, 5.74) is 1.59. The van der Waals surface area contributed by atoms with E-state index in [9.17, 15) is 25.4 Å². The number of aliphatic hydroxyl groups excluding tert-OH is 4. The number of hydrogen-bond acceptors (Lipinski definition) is 12. The van der Waals surface area contributed by atoms with Crippen molar-refractivity contribution in [3.05, 3.63) is 46.3 Å². The molecule has 3 heterocycles. The van der Waals surface area contributed by atoms with E-state index in [4.69, 9.17) is 9.84 Å². The number of anilines is 1. The molecular weight excluding hydrogens is 456 g/mol. The van der Waals surface area contributed by atoms with Crippen LogP contribution in [0, 0.1) is 10.1 Å². The predicted molar refractivity (Wildman–Crippen MR) is 117 cm³/mol. The second kappa shape index (κ2) is 9.94. The SMILES string of the molecule is O=[N+]([O-])c1ccc(CSc2nc(NCCO)nc3c2ncn3[C@@H]2O[C@H](CO)[C@@H](O)[C@H]2O)cc1. The van der Waals surface area contributed by atoms with Crippen LogP contribution in [0.5, 0.6) is 0 Å². The van der Waals surface area contributed by atoms with Crippen LogP contribution in [0.25, 0.3) is 11.2 Å². The summed E-state index contributed by atoms with van der Waals surface area (Å²) in [6.07, 6.45) is -3.14. The molecule has 0 unspecified atom stereocenters. The molecule has 3 aromatic rings. The summed E-state index contributed by atoms with van der Waals surface area (Å²) >= 11 is 1.34. The third-order valence-corrected chi connectivity index (χ3v) is 6.13. The summed E-state index contributed by atoms with van der Waals surface area (Å²) in [6, 6.07) is 6.17. The number of aliphatic hydroxyl groups is 4. The van der Waals surface area contributed by atoms with Crippen LogP contribution < -0.4 is 5.32 Å². The van der Waals surface area contributed by atoms with E-state index in [0.717, 1.165) is 5.56 Å². The largest absolute Gasteiger partial charge is 0.395 e. The number of non-ortho nitro benzene ring substituents is 1. The van der Waals surface area contributed by atoms with Crippen LogP contribution in [0.3, 0.4) is 0 Å². The van der Waals surface area contributed by atoms with E-state index in [-0.39, 0.29) is 24.8 Å². The monoisotopic (exact) mass is 478 g/mol. The van der Waals surface area contributed by atoms with Crippen LogP contribution in [0.2, 0.25) is 0 Å². The molecule has 1 saturated heterocycles. The fourth-order valence-electron chi connectivity index (χ4n) is 3.40. The topological polar surface area (TPSA) is 189 Å². The number of nitro benzene ring substituents is 1. The van der Waals surface area contributed by atoms with E-state index in [2.05, 4.69) is 20.3 Å². The predicted octanol–water partition coefficient (Wildman–Crippen LogP) is 0.0425. The first-order chi connectivity index (χ1) is 15.9. The van der Waals surface area contributed by atoms with Crippen LogP contribution in [0.1, 0.15) is 11.8 Å². The zero-order valence-corrected chi connectivity index (χ0v) is 18.0. The van der Waals surface area contributed by atoms with E-state index in [0.29, 0.717) is 21.9 Å². The maximum atomic E-state index is 10.8. The van der Waals surface area contributed by atoms with Crippen LogP contribution in [-0.4, -0.2) is 82.9 Å². The molecule has 5 N–H and O–H groups in total. The first kappa shape index (κ1) is 23.3. The molecule has 33 heavy (non-hydrogen) atoms. The molecule has 176 valence electrons. The van der Waals surface area contributed by atoms with Gasteiger partial charge in [0.15, 0.2) is 11.9 Å². The summed E-state index contributed by atoms with van der Waals surface area (Å²) in [7, 11) is 0. The molecule has 0 saturated carbocycles. The van der Waals surface area contributed by atoms with Gasteiger partial charge >= 0.3 is 0 Å². The van der Waals surface area contributed by atoms with E-state index in [1.54, 1.807) is 12.1 Å². The molecule has 0 bridgehead atoms. The van der Waals surface area contributed by atoms with Gasteiger partial charge < -0.3 is 30.5 Å². The number of nitro groups is 1. The first-order valence-corrected chi connectivity index (χ1v) is 11.0. The highest BCUT2D eigenvalue weighted by Gasteiger charge is 2.44. The second-order valence-electron chi connectivity index (χ2n) is 7.27. The highest BCUT2D eigenvalue weighted by atomic mass is 32.2. The van der Waals surface area contributed by atoms with Gasteiger partial charge in [-0.15, -0.1) is 0 Å². The maximum absolute atomic E-state index is 10.8. The van der Waals surface area contributed by atoms with Crippen LogP contribution in [0.15, 0.2) is 35.6 Å². The Labute approximate surface area is 191 Å². The summed E-state index contributed by atoms with van der Waals surface area (Å²) in [5.74, 6) is 0.667. The number of nitrogens with zero attached hydrogens (tertiary/aromatic N) is 5. The zero-order valence-electron chi connectivity index (χ0n) is 17.2. The van der Waals surface area contributed by atoms with Gasteiger partial charge in [0.1, 0.15) is 28.9 Å². The molecular formula is C19H22N6O7S. The molecule has 13 nitrogen and oxygen atoms in total. The van der Waals surface area contributed by atoms with Crippen molar-refractivity contribution >= 4 is 34.6 Å². The standard InChI is InChI=1S/C19H22N6O7S/c26-6-5-20-19-22-16-13(21-9-24(16)18-15(29)14(28)12(7-27)32-18)17(23-19)33-8-10-1-3-11(4-2-10)25(30)31/h1-4,9,12,14-15,18,26-29H,5-8H2,(H,20,22,23)/t12-,14-,15-,18-/m1/s1. The molecule has 4 atom stereocenters. The maximum Gasteiger partial charge on any atom is 0.269 e. The van der Waals surface area contributed by atoms with Crippen molar-refractivity contribution < 1.29 is 30.1 Å². The molecule has 1 aromatic carbocycles. The van der Waals surface area contributed by atoms with E-state index >= 15 is 0 Å². The molecule has 0 amide bonds. The van der Waals surface area contributed by atoms with Gasteiger partial charge in [0.2, 0.25) is 5.95 Å². The van der Waals surface area contributed by atoms with Crippen molar-refractivity contribution in [2.75, 3.05) is 25.1 Å². The van der Waals surface area contributed by atoms with E-state index in [1.807, 2.05) is 0 Å². The van der Waals surface area contributed by atoms with Crippen LogP contribution in [0.4, 0.5) is 11.6 Å². The fraction of sp³-hybridized carbons (Fsp3) is 0.421. The Morgan fingerprint density at radius 2 is 1.94 bits per heavy atom. The Morgan fingerprint density at radius 1 is 1.18 bits per heavy atom. The van der Waals surface area contributed by atoms with Crippen molar-refractivity contribution in [1.82, 2.24) is 19.5 Å². The van der Waals surface area contributed by atoms with Crippen molar-refractivity contribution in [1.29, 1.82) is 0 Å². The molecule has 0 spiro atoms. The molecule has 14 heteroatoms. The molecule has 2 aromatic heterocycles. The summed E-state index contributed by atoms with van der Waals surface area (Å²) in [5, 5.41) is 53.3. The minimum Gasteiger partial charge on any atom is -0.395 e. The third kappa shape index (κ3) is 4.75. The van der Waals surface area contributed by atoms with Crippen molar-refractivity contribution in [2.24, 2.45) is 0 Å². The molecule has 0 radical (unpaired) electrons. The zero-order chi connectivity index (χ0) is 23.5. The van der Waals surface area contributed by atoms with Gasteiger partial charge in [-0.3, -0.25) is 14.7 Å². The molecule has 1 fully saturated rings. The number of rotatable bonds is 9. The second-order valence-corrected chi connectivity index (χ2v) is 8.23. The summed E-state index contributed by atoms with van der Waals surface area (Å²) in [6.45, 7) is -0.392. The number of fused-ring (bicyclic) bond motifs is 1. The van der Waals surface area contributed by atoms with Crippen LogP contribution in [-0.2, 0) is 10.5 Å². The Hall–Kier alpha value is -2.88. The Morgan fingerprint density at radius 3 is 2.58 bits per heavy atom. The van der Waals surface area contributed by atoms with Gasteiger partial charge in [0, 0.05) is 24.4 Å². The molecule has 4 rings (SSSR count). The number of thioether (sulfide) groups is 1. The minimum absolute atomic E-state index is 0.000835. The number of nitrogens with one attached hydrogen (secondary N) is 1. The number of hydrogen-bond donors (Lipinski definition) is 5. The van der Waals surface area contributed by atoms with Gasteiger partial charge in [0.05, 0.1) is 24.5 Å². The van der Waals surface area contributed by atoms with Gasteiger partial charge in [-0.2, -0.15) is 4.98 Å². The minimum atomic E-state index is -1.31. The summed E-state index contributed by atoms with van der Waals surface area (Å²) < 4.78 is 7.06. The van der Waals surface area contributed by atoms with E-state index < -0.39 is 36.1 Å². The third-order valence-electron chi connectivity index (χ3n) is 5.10. The number of ether oxygens (including phenoxy) is 1. The highest BCUT2D eigenvalue weighted by molar-refractivity contribution is 7.98. The Kier molecular flexibility index (Phi) is 7.02. The smallest absolute Gasteiger partial charge is 0.269 e. The quantitative estimate of drug-likeness (QED) is 0.120. The van der Waals surface area contributed by atoms with Gasteiger partial charge in [-0.05, 0) is 5.56 Å². The summed E-state index contributed by atoms with van der Waals surface area (Å²) in [4.78, 5) is 23.6. The van der Waals surface area contributed by atoms with Crippen molar-refractivity contribution in [3.8, 4) is 0 Å². The normalized spacial score (nSPS) is 22.7. The van der Waals surface area contributed by atoms with E-state index in [1.165, 1.54) is 34.8 Å². The molecule has 1 aliphatic rings. The fourth-order valence-corrected chi connectivity index (χ4v) is 4.33. The van der Waals surface area contributed by atoms with Crippen LogP contribution >= 0.6 is 11.8 Å². The van der Waals surface area contributed by atoms with Gasteiger partial charge in [-0.25, -0.2) is 9.97 Å². The van der Waals surface area contributed by atoms with Crippen molar-refractivity contribution in [3.63, 3.8) is 0 Å². The number of imidazole rings is 1. The number of aromatic nitrogens is 4. The Bertz CT molecular complexity index is 1130.